The number of anilines is 1. The zero-order valence-electron chi connectivity index (χ0n) is 12.2. The fourth-order valence-corrected chi connectivity index (χ4v) is 5.40. The van der Waals surface area contributed by atoms with E-state index in [2.05, 4.69) is 5.10 Å². The zero-order chi connectivity index (χ0) is 16.1. The predicted molar refractivity (Wildman–Crippen MR) is 85.3 cm³/mol. The van der Waals surface area contributed by atoms with E-state index < -0.39 is 15.8 Å². The van der Waals surface area contributed by atoms with Gasteiger partial charge in [-0.05, 0) is 24.6 Å². The highest BCUT2D eigenvalue weighted by atomic mass is 32.2. The monoisotopic (exact) mass is 339 g/mol. The molecule has 8 heteroatoms. The predicted octanol–water partition coefficient (Wildman–Crippen LogP) is 2.91. The van der Waals surface area contributed by atoms with Crippen molar-refractivity contribution < 1.29 is 12.8 Å². The topological polar surface area (TPSA) is 55.2 Å². The Labute approximate surface area is 131 Å². The molecule has 0 aliphatic heterocycles. The van der Waals surface area contributed by atoms with Crippen molar-refractivity contribution in [2.75, 3.05) is 11.4 Å². The van der Waals surface area contributed by atoms with E-state index in [1.54, 1.807) is 32.3 Å². The maximum Gasteiger partial charge on any atom is 0.273 e. The molecule has 0 unspecified atom stereocenters. The Bertz CT molecular complexity index is 960. The van der Waals surface area contributed by atoms with Crippen molar-refractivity contribution in [3.05, 3.63) is 42.0 Å². The minimum atomic E-state index is -3.76. The van der Waals surface area contributed by atoms with Crippen LogP contribution in [0.3, 0.4) is 0 Å². The van der Waals surface area contributed by atoms with E-state index in [-0.39, 0.29) is 4.21 Å². The fourth-order valence-electron chi connectivity index (χ4n) is 2.31. The molecule has 116 valence electrons. The number of benzene rings is 1. The number of aromatic nitrogens is 2. The fraction of sp³-hybridized carbons (Fsp3) is 0.214. The average molecular weight is 339 g/mol. The second-order valence-corrected chi connectivity index (χ2v) is 8.19. The normalized spacial score (nSPS) is 12.0. The van der Waals surface area contributed by atoms with Crippen molar-refractivity contribution in [3.8, 4) is 0 Å². The van der Waals surface area contributed by atoms with Crippen molar-refractivity contribution in [2.45, 2.75) is 11.1 Å². The number of rotatable bonds is 3. The highest BCUT2D eigenvalue weighted by Crippen LogP contribution is 2.37. The number of nitrogens with zero attached hydrogens (tertiary/aromatic N) is 3. The van der Waals surface area contributed by atoms with E-state index in [1.807, 2.05) is 0 Å². The number of thiophene rings is 1. The van der Waals surface area contributed by atoms with E-state index in [0.29, 0.717) is 21.3 Å². The van der Waals surface area contributed by atoms with Gasteiger partial charge in [0.25, 0.3) is 10.0 Å². The molecule has 0 N–H and O–H groups in total. The van der Waals surface area contributed by atoms with Crippen molar-refractivity contribution in [1.82, 2.24) is 9.78 Å². The zero-order valence-corrected chi connectivity index (χ0v) is 13.9. The van der Waals surface area contributed by atoms with E-state index >= 15 is 0 Å². The van der Waals surface area contributed by atoms with Gasteiger partial charge in [0.05, 0.1) is 11.9 Å². The summed E-state index contributed by atoms with van der Waals surface area (Å²) >= 11 is 1.08. The quantitative estimate of drug-likeness (QED) is 0.737. The Kier molecular flexibility index (Phi) is 3.45. The van der Waals surface area contributed by atoms with Crippen molar-refractivity contribution >= 4 is 37.1 Å². The third kappa shape index (κ3) is 2.19. The molecule has 0 atom stereocenters. The first kappa shape index (κ1) is 15.0. The van der Waals surface area contributed by atoms with E-state index in [0.717, 1.165) is 15.6 Å². The molecule has 0 radical (unpaired) electrons. The highest BCUT2D eigenvalue weighted by molar-refractivity contribution is 7.95. The molecule has 0 bridgehead atoms. The second kappa shape index (κ2) is 5.06. The maximum absolute atomic E-state index is 14.0. The lowest BCUT2D eigenvalue weighted by molar-refractivity contribution is 0.596. The molecule has 2 heterocycles. The molecule has 0 fully saturated rings. The number of hydrogen-bond acceptors (Lipinski definition) is 4. The van der Waals surface area contributed by atoms with Crippen LogP contribution < -0.4 is 4.31 Å². The summed E-state index contributed by atoms with van der Waals surface area (Å²) in [4.78, 5) is 0. The van der Waals surface area contributed by atoms with Crippen LogP contribution in [-0.2, 0) is 17.1 Å². The molecule has 0 saturated carbocycles. The maximum atomic E-state index is 14.0. The third-order valence-corrected chi connectivity index (χ3v) is 7.15. The second-order valence-electron chi connectivity index (χ2n) is 4.97. The number of hydrogen-bond donors (Lipinski definition) is 0. The van der Waals surface area contributed by atoms with Crippen LogP contribution in [0.15, 0.2) is 34.8 Å². The Morgan fingerprint density at radius 2 is 2.09 bits per heavy atom. The SMILES string of the molecule is Cc1c(S(=O)(=O)N(C)c2cnn(C)c2)sc2cccc(F)c12. The first-order valence-corrected chi connectivity index (χ1v) is 8.73. The summed E-state index contributed by atoms with van der Waals surface area (Å²) < 4.78 is 43.1. The molecule has 5 nitrogen and oxygen atoms in total. The molecular weight excluding hydrogens is 325 g/mol. The van der Waals surface area contributed by atoms with Gasteiger partial charge in [0, 0.05) is 30.4 Å². The van der Waals surface area contributed by atoms with Gasteiger partial charge in [-0.1, -0.05) is 6.07 Å². The number of halogens is 1. The molecule has 0 spiro atoms. The van der Waals surface area contributed by atoms with Crippen LogP contribution in [0.25, 0.3) is 10.1 Å². The molecule has 0 saturated heterocycles. The van der Waals surface area contributed by atoms with Crippen LogP contribution in [0.2, 0.25) is 0 Å². The van der Waals surface area contributed by atoms with Gasteiger partial charge in [0.1, 0.15) is 10.0 Å². The van der Waals surface area contributed by atoms with Crippen LogP contribution in [-0.4, -0.2) is 25.2 Å². The van der Waals surface area contributed by atoms with Crippen LogP contribution in [0.1, 0.15) is 5.56 Å². The van der Waals surface area contributed by atoms with Crippen LogP contribution in [0.4, 0.5) is 10.1 Å². The van der Waals surface area contributed by atoms with E-state index in [9.17, 15) is 12.8 Å². The molecule has 22 heavy (non-hydrogen) atoms. The Morgan fingerprint density at radius 1 is 1.36 bits per heavy atom. The lowest BCUT2D eigenvalue weighted by Gasteiger charge is -2.16. The van der Waals surface area contributed by atoms with Gasteiger partial charge in [-0.3, -0.25) is 8.99 Å². The van der Waals surface area contributed by atoms with E-state index in [1.165, 1.54) is 24.0 Å². The van der Waals surface area contributed by atoms with Crippen molar-refractivity contribution in [2.24, 2.45) is 7.05 Å². The average Bonchev–Trinajstić information content (AvgIpc) is 3.03. The summed E-state index contributed by atoms with van der Waals surface area (Å²) in [6.45, 7) is 1.63. The smallest absolute Gasteiger partial charge is 0.273 e. The van der Waals surface area contributed by atoms with Crippen LogP contribution in [0, 0.1) is 12.7 Å². The summed E-state index contributed by atoms with van der Waals surface area (Å²) in [6.07, 6.45) is 3.08. The van der Waals surface area contributed by atoms with Gasteiger partial charge in [-0.15, -0.1) is 11.3 Å². The Hall–Kier alpha value is -1.93. The van der Waals surface area contributed by atoms with Gasteiger partial charge in [-0.25, -0.2) is 12.8 Å². The molecule has 0 amide bonds. The Balaban J connectivity index is 2.17. The molecule has 2 aromatic heterocycles. The first-order valence-electron chi connectivity index (χ1n) is 6.47. The van der Waals surface area contributed by atoms with Gasteiger partial charge in [0.2, 0.25) is 0 Å². The van der Waals surface area contributed by atoms with Crippen LogP contribution >= 0.6 is 11.3 Å². The highest BCUT2D eigenvalue weighted by Gasteiger charge is 2.28. The summed E-state index contributed by atoms with van der Waals surface area (Å²) in [5.74, 6) is -0.406. The minimum absolute atomic E-state index is 0.152. The molecular formula is C14H14FN3O2S2. The third-order valence-electron chi connectivity index (χ3n) is 3.51. The van der Waals surface area contributed by atoms with Crippen molar-refractivity contribution in [3.63, 3.8) is 0 Å². The molecule has 0 aliphatic rings. The first-order chi connectivity index (χ1) is 10.3. The largest absolute Gasteiger partial charge is 0.274 e. The van der Waals surface area contributed by atoms with Gasteiger partial charge in [0.15, 0.2) is 0 Å². The van der Waals surface area contributed by atoms with Crippen LogP contribution in [0.5, 0.6) is 0 Å². The summed E-state index contributed by atoms with van der Waals surface area (Å²) in [7, 11) is -0.579. The molecule has 0 aliphatic carbocycles. The summed E-state index contributed by atoms with van der Waals surface area (Å²) in [6, 6.07) is 4.64. The lowest BCUT2D eigenvalue weighted by Crippen LogP contribution is -2.26. The standard InChI is InChI=1S/C14H14FN3O2S2/c1-9-13-11(15)5-4-6-12(13)21-14(9)22(19,20)18(3)10-7-16-17(2)8-10/h4-8H,1-3H3. The van der Waals surface area contributed by atoms with E-state index in [4.69, 9.17) is 0 Å². The molecule has 1 aromatic carbocycles. The summed E-state index contributed by atoms with van der Waals surface area (Å²) in [5.41, 5.74) is 0.897. The van der Waals surface area contributed by atoms with Gasteiger partial charge < -0.3 is 0 Å². The number of fused-ring (bicyclic) bond motifs is 1. The number of aryl methyl sites for hydroxylation is 2. The summed E-state index contributed by atoms with van der Waals surface area (Å²) in [5, 5.41) is 4.34. The Morgan fingerprint density at radius 3 is 2.68 bits per heavy atom. The van der Waals surface area contributed by atoms with Crippen molar-refractivity contribution in [1.29, 1.82) is 0 Å². The molecule has 3 aromatic rings. The number of sulfonamides is 1. The van der Waals surface area contributed by atoms with Gasteiger partial charge >= 0.3 is 0 Å². The molecule has 3 rings (SSSR count). The minimum Gasteiger partial charge on any atom is -0.274 e. The van der Waals surface area contributed by atoms with Gasteiger partial charge in [-0.2, -0.15) is 5.10 Å². The lowest BCUT2D eigenvalue weighted by atomic mass is 10.2.